The molecule has 0 saturated carbocycles. The molecule has 4 N–H and O–H groups in total. The van der Waals surface area contributed by atoms with Crippen LogP contribution in [0.15, 0.2) is 76.4 Å². The highest BCUT2D eigenvalue weighted by atomic mass is 16.5. The molecule has 1 unspecified atom stereocenters. The largest absolute Gasteiger partial charge is 0.457 e. The lowest BCUT2D eigenvalue weighted by atomic mass is 9.91. The predicted molar refractivity (Wildman–Crippen MR) is 114 cm³/mol. The van der Waals surface area contributed by atoms with Crippen LogP contribution in [0.25, 0.3) is 0 Å². The maximum Gasteiger partial charge on any atom is 0.166 e. The number of ether oxygens (including phenoxy) is 1. The van der Waals surface area contributed by atoms with Crippen LogP contribution >= 0.6 is 0 Å². The van der Waals surface area contributed by atoms with Gasteiger partial charge in [-0.3, -0.25) is 10.7 Å². The number of fused-ring (bicyclic) bond motifs is 1. The number of amidine groups is 1. The third kappa shape index (κ3) is 3.28. The van der Waals surface area contributed by atoms with Gasteiger partial charge in [0, 0.05) is 6.20 Å². The minimum atomic E-state index is -0.975. The summed E-state index contributed by atoms with van der Waals surface area (Å²) in [5.74, 6) is 2.42. The molecule has 2 aromatic rings. The van der Waals surface area contributed by atoms with Crippen molar-refractivity contribution < 1.29 is 4.74 Å². The molecule has 7 heteroatoms. The first-order valence-corrected chi connectivity index (χ1v) is 9.95. The van der Waals surface area contributed by atoms with Crippen LogP contribution < -0.4 is 21.2 Å². The van der Waals surface area contributed by atoms with Crippen molar-refractivity contribution >= 4 is 12.2 Å². The van der Waals surface area contributed by atoms with Crippen molar-refractivity contribution in [1.82, 2.24) is 15.8 Å². The quantitative estimate of drug-likeness (QED) is 0.749. The molecule has 5 rings (SSSR count). The summed E-state index contributed by atoms with van der Waals surface area (Å²) >= 11 is 0. The van der Waals surface area contributed by atoms with Crippen molar-refractivity contribution in [2.45, 2.75) is 24.5 Å². The van der Waals surface area contributed by atoms with Gasteiger partial charge in [-0.15, -0.1) is 0 Å². The Balaban J connectivity index is 1.37. The van der Waals surface area contributed by atoms with Gasteiger partial charge in [0.2, 0.25) is 0 Å². The number of hydrazine groups is 1. The van der Waals surface area contributed by atoms with Crippen LogP contribution in [0.2, 0.25) is 0 Å². The van der Waals surface area contributed by atoms with Gasteiger partial charge >= 0.3 is 0 Å². The molecule has 2 aromatic carbocycles. The smallest absolute Gasteiger partial charge is 0.166 e. The minimum Gasteiger partial charge on any atom is -0.457 e. The first-order valence-electron chi connectivity index (χ1n) is 9.95. The van der Waals surface area contributed by atoms with Crippen LogP contribution in [-0.2, 0) is 5.66 Å². The molecule has 29 heavy (non-hydrogen) atoms. The van der Waals surface area contributed by atoms with Crippen molar-refractivity contribution in [1.29, 1.82) is 0 Å². The fraction of sp³-hybridized carbons (Fsp3) is 0.273. The fourth-order valence-corrected chi connectivity index (χ4v) is 4.02. The Morgan fingerprint density at radius 2 is 1.72 bits per heavy atom. The summed E-state index contributed by atoms with van der Waals surface area (Å²) in [6.07, 6.45) is 5.63. The zero-order valence-corrected chi connectivity index (χ0v) is 16.1. The summed E-state index contributed by atoms with van der Waals surface area (Å²) in [7, 11) is 0. The standard InChI is InChI=1S/C22H24N6O/c23-22(16-6-8-19(9-7-16)29-18-4-2-1-3-5-18)20-14-27-28(21(20)25-15-26-22)17-10-12-24-13-11-17/h1-9,14-15,17,24,27H,10-13,23H2. The molecule has 1 fully saturated rings. The van der Waals surface area contributed by atoms with Crippen molar-refractivity contribution in [2.75, 3.05) is 13.1 Å². The molecule has 3 aliphatic rings. The molecule has 0 aliphatic carbocycles. The van der Waals surface area contributed by atoms with Gasteiger partial charge < -0.3 is 15.5 Å². The zero-order valence-electron chi connectivity index (χ0n) is 16.1. The van der Waals surface area contributed by atoms with Crippen LogP contribution in [-0.4, -0.2) is 36.3 Å². The van der Waals surface area contributed by atoms with Crippen LogP contribution in [0.1, 0.15) is 18.4 Å². The highest BCUT2D eigenvalue weighted by Gasteiger charge is 2.42. The number of rotatable bonds is 4. The van der Waals surface area contributed by atoms with E-state index in [4.69, 9.17) is 10.5 Å². The summed E-state index contributed by atoms with van der Waals surface area (Å²) in [5.41, 5.74) is 11.0. The maximum atomic E-state index is 6.79. The van der Waals surface area contributed by atoms with Crippen LogP contribution in [0, 0.1) is 0 Å². The first-order chi connectivity index (χ1) is 14.2. The lowest BCUT2D eigenvalue weighted by molar-refractivity contribution is 0.223. The van der Waals surface area contributed by atoms with Gasteiger partial charge in [0.1, 0.15) is 17.8 Å². The molecule has 0 amide bonds. The number of nitrogens with one attached hydrogen (secondary N) is 2. The molecule has 7 nitrogen and oxygen atoms in total. The number of hydrogen-bond acceptors (Lipinski definition) is 7. The summed E-state index contributed by atoms with van der Waals surface area (Å²) in [6.45, 7) is 2.02. The summed E-state index contributed by atoms with van der Waals surface area (Å²) in [4.78, 5) is 9.08. The van der Waals surface area contributed by atoms with Gasteiger partial charge in [-0.1, -0.05) is 30.3 Å². The fourth-order valence-electron chi connectivity index (χ4n) is 4.02. The van der Waals surface area contributed by atoms with E-state index >= 15 is 0 Å². The molecular formula is C22H24N6O. The molecule has 0 bridgehead atoms. The molecule has 0 spiro atoms. The minimum absolute atomic E-state index is 0.390. The van der Waals surface area contributed by atoms with Crippen LogP contribution in [0.4, 0.5) is 0 Å². The van der Waals surface area contributed by atoms with E-state index in [9.17, 15) is 0 Å². The van der Waals surface area contributed by atoms with Gasteiger partial charge in [-0.25, -0.2) is 9.98 Å². The Morgan fingerprint density at radius 3 is 2.48 bits per heavy atom. The molecule has 0 radical (unpaired) electrons. The number of aliphatic imine (C=N–C) groups is 2. The van der Waals surface area contributed by atoms with Gasteiger partial charge in [-0.05, 0) is 55.8 Å². The SMILES string of the molecule is NC1(c2ccc(Oc3ccccc3)cc2)N=CN=C2C1=CNN2C1CCNCC1. The average Bonchev–Trinajstić information content (AvgIpc) is 3.21. The van der Waals surface area contributed by atoms with Crippen molar-refractivity contribution in [2.24, 2.45) is 15.7 Å². The molecule has 3 heterocycles. The van der Waals surface area contributed by atoms with E-state index in [2.05, 4.69) is 25.7 Å². The van der Waals surface area contributed by atoms with E-state index in [1.54, 1.807) is 6.34 Å². The van der Waals surface area contributed by atoms with Gasteiger partial charge in [0.05, 0.1) is 11.6 Å². The molecule has 1 atom stereocenters. The second kappa shape index (κ2) is 7.35. The first kappa shape index (κ1) is 17.9. The van der Waals surface area contributed by atoms with E-state index in [-0.39, 0.29) is 0 Å². The monoisotopic (exact) mass is 388 g/mol. The topological polar surface area (TPSA) is 87.3 Å². The third-order valence-corrected chi connectivity index (χ3v) is 5.62. The normalized spacial score (nSPS) is 23.8. The van der Waals surface area contributed by atoms with Crippen LogP contribution in [0.3, 0.4) is 0 Å². The highest BCUT2D eigenvalue weighted by molar-refractivity contribution is 6.07. The molecular weight excluding hydrogens is 364 g/mol. The Morgan fingerprint density at radius 1 is 1.00 bits per heavy atom. The van der Waals surface area contributed by atoms with Crippen molar-refractivity contribution in [3.63, 3.8) is 0 Å². The molecule has 1 saturated heterocycles. The van der Waals surface area contributed by atoms with Gasteiger partial charge in [-0.2, -0.15) is 0 Å². The Labute approximate surface area is 170 Å². The molecule has 0 aromatic heterocycles. The van der Waals surface area contributed by atoms with Gasteiger partial charge in [0.25, 0.3) is 0 Å². The Bertz CT molecular complexity index is 963. The average molecular weight is 388 g/mol. The lowest BCUT2D eigenvalue weighted by Crippen LogP contribution is -2.51. The van der Waals surface area contributed by atoms with Crippen molar-refractivity contribution in [3.8, 4) is 11.5 Å². The summed E-state index contributed by atoms with van der Waals surface area (Å²) in [5, 5.41) is 5.54. The number of piperidine rings is 1. The summed E-state index contributed by atoms with van der Waals surface area (Å²) < 4.78 is 5.89. The highest BCUT2D eigenvalue weighted by Crippen LogP contribution is 2.36. The maximum absolute atomic E-state index is 6.79. The third-order valence-electron chi connectivity index (χ3n) is 5.62. The van der Waals surface area contributed by atoms with Crippen LogP contribution in [0.5, 0.6) is 11.5 Å². The number of para-hydroxylation sites is 1. The number of nitrogens with two attached hydrogens (primary N) is 1. The lowest BCUT2D eigenvalue weighted by Gasteiger charge is -2.36. The second-order valence-corrected chi connectivity index (χ2v) is 7.44. The van der Waals surface area contributed by atoms with E-state index in [1.807, 2.05) is 60.8 Å². The van der Waals surface area contributed by atoms with Gasteiger partial charge in [0.15, 0.2) is 11.5 Å². The number of hydrogen-bond donors (Lipinski definition) is 3. The van der Waals surface area contributed by atoms with E-state index in [0.29, 0.717) is 6.04 Å². The zero-order chi connectivity index (χ0) is 19.7. The predicted octanol–water partition coefficient (Wildman–Crippen LogP) is 2.49. The number of benzene rings is 2. The second-order valence-electron chi connectivity index (χ2n) is 7.44. The Kier molecular flexibility index (Phi) is 4.54. The van der Waals surface area contributed by atoms with E-state index in [0.717, 1.165) is 54.4 Å². The van der Waals surface area contributed by atoms with Crippen molar-refractivity contribution in [3.05, 3.63) is 71.9 Å². The van der Waals surface area contributed by atoms with E-state index < -0.39 is 5.66 Å². The summed E-state index contributed by atoms with van der Waals surface area (Å²) in [6, 6.07) is 17.9. The number of nitrogens with zero attached hydrogens (tertiary/aromatic N) is 3. The Hall–Kier alpha value is -3.16. The van der Waals surface area contributed by atoms with E-state index in [1.165, 1.54) is 0 Å². The molecule has 148 valence electrons. The molecule has 3 aliphatic heterocycles.